The van der Waals surface area contributed by atoms with E-state index < -0.39 is 0 Å². The molecule has 122 valence electrons. The summed E-state index contributed by atoms with van der Waals surface area (Å²) in [6.07, 6.45) is 0. The highest BCUT2D eigenvalue weighted by Crippen LogP contribution is 2.22. The summed E-state index contributed by atoms with van der Waals surface area (Å²) in [5.74, 6) is 0.291. The molecule has 0 aliphatic rings. The molecule has 1 unspecified atom stereocenters. The van der Waals surface area contributed by atoms with Crippen LogP contribution in [0.1, 0.15) is 32.3 Å². The molecule has 23 heavy (non-hydrogen) atoms. The minimum atomic E-state index is 0.0164. The molecule has 0 aliphatic carbocycles. The molecule has 0 bridgehead atoms. The largest absolute Gasteiger partial charge is 0.337 e. The van der Waals surface area contributed by atoms with Crippen LogP contribution in [0.3, 0.4) is 0 Å². The van der Waals surface area contributed by atoms with Gasteiger partial charge in [0.05, 0.1) is 0 Å². The molecule has 2 rings (SSSR count). The van der Waals surface area contributed by atoms with E-state index in [0.29, 0.717) is 12.5 Å². The van der Waals surface area contributed by atoms with Gasteiger partial charge < -0.3 is 10.2 Å². The van der Waals surface area contributed by atoms with Gasteiger partial charge in [-0.1, -0.05) is 61.5 Å². The quantitative estimate of drug-likeness (QED) is 0.836. The molecule has 0 aromatic heterocycles. The number of hydrogen-bond donors (Lipinski definition) is 1. The molecule has 0 aliphatic heterocycles. The lowest BCUT2D eigenvalue weighted by Gasteiger charge is -2.21. The van der Waals surface area contributed by atoms with Crippen molar-refractivity contribution in [3.8, 4) is 11.1 Å². The second kappa shape index (κ2) is 8.37. The van der Waals surface area contributed by atoms with Crippen molar-refractivity contribution in [2.75, 3.05) is 19.6 Å². The smallest absolute Gasteiger partial charge is 0.317 e. The Balaban J connectivity index is 1.95. The molecule has 3 heteroatoms. The van der Waals surface area contributed by atoms with E-state index in [-0.39, 0.29) is 6.03 Å². The van der Waals surface area contributed by atoms with Crippen molar-refractivity contribution in [2.24, 2.45) is 0 Å². The third-order valence-corrected chi connectivity index (χ3v) is 4.20. The van der Waals surface area contributed by atoms with Gasteiger partial charge in [-0.05, 0) is 36.5 Å². The van der Waals surface area contributed by atoms with Gasteiger partial charge in [-0.25, -0.2) is 4.79 Å². The van der Waals surface area contributed by atoms with Gasteiger partial charge in [0, 0.05) is 19.6 Å². The van der Waals surface area contributed by atoms with E-state index in [1.165, 1.54) is 16.7 Å². The van der Waals surface area contributed by atoms with Crippen LogP contribution in [0.15, 0.2) is 54.6 Å². The normalized spacial score (nSPS) is 11.8. The minimum absolute atomic E-state index is 0.0164. The summed E-state index contributed by atoms with van der Waals surface area (Å²) in [6, 6.07) is 19.0. The van der Waals surface area contributed by atoms with Crippen molar-refractivity contribution in [1.29, 1.82) is 0 Å². The molecule has 3 nitrogen and oxygen atoms in total. The lowest BCUT2D eigenvalue weighted by Crippen LogP contribution is -2.41. The maximum absolute atomic E-state index is 12.0. The van der Waals surface area contributed by atoms with E-state index in [1.54, 1.807) is 4.90 Å². The maximum atomic E-state index is 12.0. The third-order valence-electron chi connectivity index (χ3n) is 4.20. The Morgan fingerprint density at radius 2 is 1.52 bits per heavy atom. The monoisotopic (exact) mass is 310 g/mol. The van der Waals surface area contributed by atoms with Crippen LogP contribution in [-0.2, 0) is 0 Å². The molecule has 0 saturated carbocycles. The highest BCUT2D eigenvalue weighted by molar-refractivity contribution is 5.74. The van der Waals surface area contributed by atoms with Crippen LogP contribution in [0.25, 0.3) is 11.1 Å². The topological polar surface area (TPSA) is 32.3 Å². The van der Waals surface area contributed by atoms with Crippen molar-refractivity contribution in [2.45, 2.75) is 26.7 Å². The Hall–Kier alpha value is -2.29. The number of carbonyl (C=O) groups excluding carboxylic acids is 1. The van der Waals surface area contributed by atoms with Gasteiger partial charge in [-0.3, -0.25) is 0 Å². The standard InChI is InChI=1S/C20H26N2O/c1-4-22(5-2)20(23)21-15-16(3)17-11-13-19(14-12-17)18-9-7-6-8-10-18/h6-14,16H,4-5,15H2,1-3H3,(H,21,23). The van der Waals surface area contributed by atoms with E-state index in [2.05, 4.69) is 60.8 Å². The first-order valence-corrected chi connectivity index (χ1v) is 8.33. The number of rotatable bonds is 6. The second-order valence-corrected chi connectivity index (χ2v) is 5.75. The number of benzene rings is 2. The lowest BCUT2D eigenvalue weighted by atomic mass is 9.97. The van der Waals surface area contributed by atoms with Crippen LogP contribution in [0.5, 0.6) is 0 Å². The van der Waals surface area contributed by atoms with Crippen molar-refractivity contribution in [3.63, 3.8) is 0 Å². The van der Waals surface area contributed by atoms with E-state index in [4.69, 9.17) is 0 Å². The van der Waals surface area contributed by atoms with E-state index >= 15 is 0 Å². The highest BCUT2D eigenvalue weighted by Gasteiger charge is 2.11. The number of urea groups is 1. The summed E-state index contributed by atoms with van der Waals surface area (Å²) in [7, 11) is 0. The first kappa shape index (κ1) is 17.1. The molecule has 0 saturated heterocycles. The molecule has 2 amide bonds. The van der Waals surface area contributed by atoms with E-state index in [0.717, 1.165) is 13.1 Å². The fourth-order valence-electron chi connectivity index (χ4n) is 2.62. The van der Waals surface area contributed by atoms with Gasteiger partial charge in [-0.2, -0.15) is 0 Å². The van der Waals surface area contributed by atoms with Crippen LogP contribution in [0.2, 0.25) is 0 Å². The van der Waals surface area contributed by atoms with Gasteiger partial charge in [0.15, 0.2) is 0 Å². The molecular formula is C20H26N2O. The number of nitrogens with one attached hydrogen (secondary N) is 1. The second-order valence-electron chi connectivity index (χ2n) is 5.75. The molecule has 0 heterocycles. The SMILES string of the molecule is CCN(CC)C(=O)NCC(C)c1ccc(-c2ccccc2)cc1. The molecule has 0 fully saturated rings. The predicted octanol–water partition coefficient (Wildman–Crippen LogP) is 4.51. The molecule has 1 atom stereocenters. The number of amides is 2. The van der Waals surface area contributed by atoms with Crippen LogP contribution in [0, 0.1) is 0 Å². The Bertz CT molecular complexity index is 603. The summed E-state index contributed by atoms with van der Waals surface area (Å²) in [5.41, 5.74) is 3.68. The first-order chi connectivity index (χ1) is 11.2. The Morgan fingerprint density at radius 3 is 2.09 bits per heavy atom. The number of carbonyl (C=O) groups is 1. The molecule has 0 radical (unpaired) electrons. The Labute approximate surface area is 139 Å². The fraction of sp³-hybridized carbons (Fsp3) is 0.350. The van der Waals surface area contributed by atoms with Gasteiger partial charge in [0.1, 0.15) is 0 Å². The number of nitrogens with zero attached hydrogens (tertiary/aromatic N) is 1. The average Bonchev–Trinajstić information content (AvgIpc) is 2.61. The summed E-state index contributed by atoms with van der Waals surface area (Å²) in [5, 5.41) is 3.02. The zero-order valence-corrected chi connectivity index (χ0v) is 14.3. The first-order valence-electron chi connectivity index (χ1n) is 8.33. The predicted molar refractivity (Wildman–Crippen MR) is 96.6 cm³/mol. The summed E-state index contributed by atoms with van der Waals surface area (Å²) in [6.45, 7) is 8.26. The zero-order chi connectivity index (χ0) is 16.7. The molecule has 2 aromatic rings. The fourth-order valence-corrected chi connectivity index (χ4v) is 2.62. The van der Waals surface area contributed by atoms with Gasteiger partial charge >= 0.3 is 6.03 Å². The van der Waals surface area contributed by atoms with Crippen LogP contribution < -0.4 is 5.32 Å². The van der Waals surface area contributed by atoms with Crippen molar-refractivity contribution in [3.05, 3.63) is 60.2 Å². The van der Waals surface area contributed by atoms with E-state index in [1.807, 2.05) is 19.9 Å². The molecular weight excluding hydrogens is 284 g/mol. The van der Waals surface area contributed by atoms with Crippen molar-refractivity contribution < 1.29 is 4.79 Å². The molecule has 2 aromatic carbocycles. The van der Waals surface area contributed by atoms with Crippen LogP contribution in [-0.4, -0.2) is 30.6 Å². The summed E-state index contributed by atoms with van der Waals surface area (Å²) in [4.78, 5) is 13.8. The van der Waals surface area contributed by atoms with Crippen molar-refractivity contribution >= 4 is 6.03 Å². The summed E-state index contributed by atoms with van der Waals surface area (Å²) >= 11 is 0. The van der Waals surface area contributed by atoms with Crippen LogP contribution in [0.4, 0.5) is 4.79 Å². The lowest BCUT2D eigenvalue weighted by molar-refractivity contribution is 0.203. The third kappa shape index (κ3) is 4.59. The molecule has 1 N–H and O–H groups in total. The average molecular weight is 310 g/mol. The van der Waals surface area contributed by atoms with Gasteiger partial charge in [0.2, 0.25) is 0 Å². The van der Waals surface area contributed by atoms with Gasteiger partial charge in [-0.15, -0.1) is 0 Å². The van der Waals surface area contributed by atoms with E-state index in [9.17, 15) is 4.79 Å². The summed E-state index contributed by atoms with van der Waals surface area (Å²) < 4.78 is 0. The Kier molecular flexibility index (Phi) is 6.21. The van der Waals surface area contributed by atoms with Gasteiger partial charge in [0.25, 0.3) is 0 Å². The number of hydrogen-bond acceptors (Lipinski definition) is 1. The highest BCUT2D eigenvalue weighted by atomic mass is 16.2. The maximum Gasteiger partial charge on any atom is 0.317 e. The Morgan fingerprint density at radius 1 is 0.957 bits per heavy atom. The van der Waals surface area contributed by atoms with Crippen molar-refractivity contribution in [1.82, 2.24) is 10.2 Å². The van der Waals surface area contributed by atoms with Crippen LogP contribution >= 0.6 is 0 Å². The molecule has 0 spiro atoms. The minimum Gasteiger partial charge on any atom is -0.337 e. The zero-order valence-electron chi connectivity index (χ0n) is 14.3.